The molecule has 0 saturated carbocycles. The number of rotatable bonds is 3. The van der Waals surface area contributed by atoms with Crippen LogP contribution in [0.2, 0.25) is 0 Å². The number of ether oxygens (including phenoxy) is 1. The van der Waals surface area contributed by atoms with Crippen molar-refractivity contribution in [1.29, 1.82) is 0 Å². The van der Waals surface area contributed by atoms with Gasteiger partial charge in [0, 0.05) is 31.0 Å². The number of nitrogens with zero attached hydrogens (tertiary/aromatic N) is 3. The van der Waals surface area contributed by atoms with E-state index in [-0.39, 0.29) is 11.3 Å². The first-order chi connectivity index (χ1) is 11.5. The first kappa shape index (κ1) is 16.3. The molecule has 3 rings (SSSR count). The molecule has 2 heterocycles. The molecule has 1 aromatic carbocycles. The second-order valence-electron chi connectivity index (χ2n) is 5.35. The highest BCUT2D eigenvalue weighted by molar-refractivity contribution is 6.04. The first-order valence-corrected chi connectivity index (χ1v) is 7.47. The summed E-state index contributed by atoms with van der Waals surface area (Å²) in [5.41, 5.74) is 0.943. The summed E-state index contributed by atoms with van der Waals surface area (Å²) in [6.07, 6.45) is 1.43. The molecular weight excluding hydrogens is 318 g/mol. The molecule has 0 radical (unpaired) electrons. The van der Waals surface area contributed by atoms with Crippen molar-refractivity contribution in [1.82, 2.24) is 9.97 Å². The van der Waals surface area contributed by atoms with Gasteiger partial charge in [-0.15, -0.1) is 0 Å². The molecule has 0 bridgehead atoms. The smallest absolute Gasteiger partial charge is 0.259 e. The Labute approximate surface area is 137 Å². The van der Waals surface area contributed by atoms with E-state index >= 15 is 0 Å². The fourth-order valence-corrected chi connectivity index (χ4v) is 2.37. The maximum Gasteiger partial charge on any atom is 0.259 e. The van der Waals surface area contributed by atoms with Gasteiger partial charge in [-0.25, -0.2) is 18.7 Å². The summed E-state index contributed by atoms with van der Waals surface area (Å²) in [5, 5.41) is 2.51. The molecule has 0 spiro atoms. The van der Waals surface area contributed by atoms with Gasteiger partial charge in [0.1, 0.15) is 0 Å². The molecule has 1 aromatic heterocycles. The topological polar surface area (TPSA) is 67.3 Å². The lowest BCUT2D eigenvalue weighted by Crippen LogP contribution is -2.37. The lowest BCUT2D eigenvalue weighted by molar-refractivity contribution is 0.102. The number of aromatic nitrogens is 2. The minimum absolute atomic E-state index is 0.163. The number of nitrogens with one attached hydrogen (secondary N) is 1. The Kier molecular flexibility index (Phi) is 4.66. The average molecular weight is 334 g/mol. The van der Waals surface area contributed by atoms with Gasteiger partial charge in [0.05, 0.1) is 24.5 Å². The van der Waals surface area contributed by atoms with Crippen LogP contribution in [0.15, 0.2) is 24.4 Å². The molecule has 6 nitrogen and oxygen atoms in total. The molecule has 1 amide bonds. The van der Waals surface area contributed by atoms with E-state index in [4.69, 9.17) is 4.74 Å². The van der Waals surface area contributed by atoms with E-state index in [1.165, 1.54) is 12.3 Å². The van der Waals surface area contributed by atoms with Gasteiger partial charge >= 0.3 is 0 Å². The van der Waals surface area contributed by atoms with E-state index in [0.29, 0.717) is 37.9 Å². The number of hydrogen-bond donors (Lipinski definition) is 1. The fraction of sp³-hybridized carbons (Fsp3) is 0.312. The molecule has 2 aromatic rings. The normalized spacial score (nSPS) is 14.5. The van der Waals surface area contributed by atoms with Gasteiger partial charge in [0.15, 0.2) is 11.6 Å². The number of benzene rings is 1. The summed E-state index contributed by atoms with van der Waals surface area (Å²) in [6.45, 7) is 4.31. The summed E-state index contributed by atoms with van der Waals surface area (Å²) >= 11 is 0. The summed E-state index contributed by atoms with van der Waals surface area (Å²) < 4.78 is 31.4. The van der Waals surface area contributed by atoms with E-state index in [2.05, 4.69) is 15.3 Å². The number of aryl methyl sites for hydroxylation is 1. The zero-order valence-corrected chi connectivity index (χ0v) is 13.1. The van der Waals surface area contributed by atoms with Crippen molar-refractivity contribution in [3.63, 3.8) is 0 Å². The average Bonchev–Trinajstić information content (AvgIpc) is 2.59. The zero-order chi connectivity index (χ0) is 17.1. The third-order valence-corrected chi connectivity index (χ3v) is 3.68. The Bertz CT molecular complexity index is 764. The monoisotopic (exact) mass is 334 g/mol. The molecule has 8 heteroatoms. The van der Waals surface area contributed by atoms with Crippen LogP contribution in [0.5, 0.6) is 0 Å². The molecule has 1 fully saturated rings. The second-order valence-corrected chi connectivity index (χ2v) is 5.35. The molecule has 0 atom stereocenters. The number of amides is 1. The molecule has 1 saturated heterocycles. The van der Waals surface area contributed by atoms with Crippen LogP contribution in [0, 0.1) is 18.6 Å². The van der Waals surface area contributed by atoms with Crippen LogP contribution >= 0.6 is 0 Å². The Morgan fingerprint density at radius 2 is 2.00 bits per heavy atom. The van der Waals surface area contributed by atoms with Gasteiger partial charge in [0.25, 0.3) is 5.91 Å². The number of carbonyl (C=O) groups excluding carboxylic acids is 1. The second kappa shape index (κ2) is 6.88. The summed E-state index contributed by atoms with van der Waals surface area (Å²) in [6, 6.07) is 3.16. The number of morpholine rings is 1. The number of anilines is 2. The SMILES string of the molecule is Cc1nc(N2CCOCC2)ncc1C(=O)Nc1ccc(F)c(F)c1. The van der Waals surface area contributed by atoms with Crippen LogP contribution < -0.4 is 10.2 Å². The number of halogens is 2. The van der Waals surface area contributed by atoms with Gasteiger partial charge in [0.2, 0.25) is 5.95 Å². The number of hydrogen-bond acceptors (Lipinski definition) is 5. The van der Waals surface area contributed by atoms with Crippen molar-refractivity contribution in [3.05, 3.63) is 47.3 Å². The van der Waals surface area contributed by atoms with Gasteiger partial charge in [-0.05, 0) is 19.1 Å². The van der Waals surface area contributed by atoms with Gasteiger partial charge < -0.3 is 15.0 Å². The predicted molar refractivity (Wildman–Crippen MR) is 84.1 cm³/mol. The maximum absolute atomic E-state index is 13.2. The molecule has 1 N–H and O–H groups in total. The Morgan fingerprint density at radius 1 is 1.25 bits per heavy atom. The highest BCUT2D eigenvalue weighted by Gasteiger charge is 2.17. The van der Waals surface area contributed by atoms with Crippen LogP contribution in [0.3, 0.4) is 0 Å². The van der Waals surface area contributed by atoms with Crippen LogP contribution in [0.4, 0.5) is 20.4 Å². The van der Waals surface area contributed by atoms with Gasteiger partial charge in [-0.2, -0.15) is 0 Å². The Balaban J connectivity index is 1.75. The first-order valence-electron chi connectivity index (χ1n) is 7.47. The highest BCUT2D eigenvalue weighted by Crippen LogP contribution is 2.17. The Hall–Kier alpha value is -2.61. The summed E-state index contributed by atoms with van der Waals surface area (Å²) in [5.74, 6) is -1.93. The van der Waals surface area contributed by atoms with Gasteiger partial charge in [-0.1, -0.05) is 0 Å². The van der Waals surface area contributed by atoms with Crippen molar-refractivity contribution in [2.75, 3.05) is 36.5 Å². The van der Waals surface area contributed by atoms with Crippen molar-refractivity contribution < 1.29 is 18.3 Å². The van der Waals surface area contributed by atoms with E-state index < -0.39 is 17.5 Å². The molecule has 24 heavy (non-hydrogen) atoms. The van der Waals surface area contributed by atoms with E-state index in [1.807, 2.05) is 4.90 Å². The fourth-order valence-electron chi connectivity index (χ4n) is 2.37. The molecule has 1 aliphatic rings. The van der Waals surface area contributed by atoms with Crippen LogP contribution in [-0.4, -0.2) is 42.2 Å². The van der Waals surface area contributed by atoms with Crippen LogP contribution in [0.1, 0.15) is 16.1 Å². The van der Waals surface area contributed by atoms with E-state index in [0.717, 1.165) is 12.1 Å². The standard InChI is InChI=1S/C16H16F2N4O2/c1-10-12(9-19-16(20-10)22-4-6-24-7-5-22)15(23)21-11-2-3-13(17)14(18)8-11/h2-3,8-9H,4-7H2,1H3,(H,21,23). The van der Waals surface area contributed by atoms with Gasteiger partial charge in [-0.3, -0.25) is 4.79 Å². The molecule has 0 aliphatic carbocycles. The summed E-state index contributed by atoms with van der Waals surface area (Å²) in [4.78, 5) is 22.8. The van der Waals surface area contributed by atoms with Crippen molar-refractivity contribution in [2.45, 2.75) is 6.92 Å². The third kappa shape index (κ3) is 3.48. The highest BCUT2D eigenvalue weighted by atomic mass is 19.2. The van der Waals surface area contributed by atoms with Crippen molar-refractivity contribution in [3.8, 4) is 0 Å². The third-order valence-electron chi connectivity index (χ3n) is 3.68. The van der Waals surface area contributed by atoms with E-state index in [9.17, 15) is 13.6 Å². The van der Waals surface area contributed by atoms with E-state index in [1.54, 1.807) is 6.92 Å². The molecule has 1 aliphatic heterocycles. The molecule has 0 unspecified atom stereocenters. The zero-order valence-electron chi connectivity index (χ0n) is 13.1. The predicted octanol–water partition coefficient (Wildman–Crippen LogP) is 2.15. The van der Waals surface area contributed by atoms with Crippen molar-refractivity contribution >= 4 is 17.5 Å². The molecular formula is C16H16F2N4O2. The lowest BCUT2D eigenvalue weighted by Gasteiger charge is -2.27. The quantitative estimate of drug-likeness (QED) is 0.932. The largest absolute Gasteiger partial charge is 0.378 e. The number of carbonyl (C=O) groups is 1. The van der Waals surface area contributed by atoms with Crippen LogP contribution in [0.25, 0.3) is 0 Å². The lowest BCUT2D eigenvalue weighted by atomic mass is 10.2. The minimum Gasteiger partial charge on any atom is -0.378 e. The minimum atomic E-state index is -1.02. The maximum atomic E-state index is 13.2. The molecule has 126 valence electrons. The Morgan fingerprint density at radius 3 is 2.67 bits per heavy atom. The van der Waals surface area contributed by atoms with Crippen molar-refractivity contribution in [2.24, 2.45) is 0 Å². The van der Waals surface area contributed by atoms with Crippen LogP contribution in [-0.2, 0) is 4.74 Å². The summed E-state index contributed by atoms with van der Waals surface area (Å²) in [7, 11) is 0.